The summed E-state index contributed by atoms with van der Waals surface area (Å²) >= 11 is 5.84. The predicted octanol–water partition coefficient (Wildman–Crippen LogP) is 2.10. The van der Waals surface area contributed by atoms with Crippen LogP contribution < -0.4 is 21.9 Å². The summed E-state index contributed by atoms with van der Waals surface area (Å²) in [7, 11) is 1.43. The normalized spacial score (nSPS) is 10.6. The summed E-state index contributed by atoms with van der Waals surface area (Å²) in [5.74, 6) is -0.536. The van der Waals surface area contributed by atoms with E-state index in [1.54, 1.807) is 24.3 Å². The van der Waals surface area contributed by atoms with Crippen molar-refractivity contribution in [2.75, 3.05) is 17.7 Å². The Morgan fingerprint density at radius 3 is 2.37 bits per heavy atom. The first kappa shape index (κ1) is 18.5. The second kappa shape index (κ2) is 7.51. The smallest absolute Gasteiger partial charge is 0.330 e. The van der Waals surface area contributed by atoms with Crippen LogP contribution in [0.2, 0.25) is 5.02 Å². The van der Waals surface area contributed by atoms with Gasteiger partial charge >= 0.3 is 5.69 Å². The van der Waals surface area contributed by atoms with E-state index in [4.69, 9.17) is 17.3 Å². The summed E-state index contributed by atoms with van der Waals surface area (Å²) in [4.78, 5) is 40.6. The van der Waals surface area contributed by atoms with Crippen LogP contribution in [0.1, 0.15) is 15.9 Å². The number of anilines is 2. The zero-order valence-corrected chi connectivity index (χ0v) is 15.2. The number of nitrogen functional groups attached to an aromatic ring is 1. The summed E-state index contributed by atoms with van der Waals surface area (Å²) in [6.45, 7) is 0.165. The number of amides is 1. The van der Waals surface area contributed by atoms with Gasteiger partial charge in [0.05, 0.1) is 6.54 Å². The molecule has 0 aliphatic carbocycles. The molecule has 0 saturated carbocycles. The number of rotatable bonds is 4. The molecule has 1 heterocycles. The monoisotopic (exact) mass is 384 g/mol. The van der Waals surface area contributed by atoms with Gasteiger partial charge in [-0.3, -0.25) is 19.1 Å². The number of aromatic amines is 1. The molecule has 0 atom stereocenters. The molecule has 3 rings (SSSR count). The van der Waals surface area contributed by atoms with Crippen molar-refractivity contribution in [2.24, 2.45) is 0 Å². The number of nitrogens with zero attached hydrogens (tertiary/aromatic N) is 2. The highest BCUT2D eigenvalue weighted by atomic mass is 35.5. The highest BCUT2D eigenvalue weighted by molar-refractivity contribution is 6.30. The van der Waals surface area contributed by atoms with Crippen molar-refractivity contribution >= 4 is 29.0 Å². The van der Waals surface area contributed by atoms with Crippen molar-refractivity contribution in [3.8, 4) is 0 Å². The minimum Gasteiger partial charge on any atom is -0.383 e. The molecule has 0 aliphatic rings. The Kier molecular flexibility index (Phi) is 5.14. The van der Waals surface area contributed by atoms with Gasteiger partial charge in [-0.2, -0.15) is 0 Å². The van der Waals surface area contributed by atoms with Crippen molar-refractivity contribution in [1.29, 1.82) is 0 Å². The lowest BCUT2D eigenvalue weighted by Crippen LogP contribution is -2.39. The molecule has 0 unspecified atom stereocenters. The van der Waals surface area contributed by atoms with Gasteiger partial charge in [0.15, 0.2) is 5.69 Å². The molecule has 0 saturated heterocycles. The van der Waals surface area contributed by atoms with Crippen LogP contribution in [0.4, 0.5) is 11.5 Å². The number of carbonyl (C=O) groups is 1. The second-order valence-corrected chi connectivity index (χ2v) is 6.37. The van der Waals surface area contributed by atoms with E-state index < -0.39 is 17.2 Å². The first-order valence-corrected chi connectivity index (χ1v) is 8.46. The Hall–Kier alpha value is -3.32. The quantitative estimate of drug-likeness (QED) is 0.719. The predicted molar refractivity (Wildman–Crippen MR) is 105 cm³/mol. The molecule has 3 aromatic rings. The van der Waals surface area contributed by atoms with Crippen LogP contribution in [0.5, 0.6) is 0 Å². The average Bonchev–Trinajstić information content (AvgIpc) is 2.65. The number of aromatic nitrogens is 2. The van der Waals surface area contributed by atoms with Crippen molar-refractivity contribution < 1.29 is 4.79 Å². The molecule has 7 nitrogen and oxygen atoms in total. The Balaban J connectivity index is 2.03. The standard InChI is InChI=1S/C19H17ClN4O3/c1-23(18(26)13-7-9-14(20)10-8-13)15-16(21)24(19(27)22-17(15)25)11-12-5-3-2-4-6-12/h2-10H,11,21H2,1H3,(H,22,25,27). The number of nitrogens with two attached hydrogens (primary N) is 1. The summed E-state index contributed by atoms with van der Waals surface area (Å²) in [6, 6.07) is 15.4. The van der Waals surface area contributed by atoms with Gasteiger partial charge < -0.3 is 10.6 Å². The van der Waals surface area contributed by atoms with E-state index in [0.717, 1.165) is 10.5 Å². The summed E-state index contributed by atoms with van der Waals surface area (Å²) in [5, 5.41) is 0.489. The number of nitrogens with one attached hydrogen (secondary N) is 1. The van der Waals surface area contributed by atoms with Gasteiger partial charge in [-0.1, -0.05) is 41.9 Å². The summed E-state index contributed by atoms with van der Waals surface area (Å²) in [6.07, 6.45) is 0. The fourth-order valence-corrected chi connectivity index (χ4v) is 2.84. The Labute approximate surface area is 159 Å². The van der Waals surface area contributed by atoms with E-state index in [2.05, 4.69) is 4.98 Å². The maximum atomic E-state index is 12.7. The van der Waals surface area contributed by atoms with Gasteiger partial charge in [-0.15, -0.1) is 0 Å². The molecule has 3 N–H and O–H groups in total. The Bertz CT molecular complexity index is 1090. The minimum absolute atomic E-state index is 0.0857. The minimum atomic E-state index is -0.730. The van der Waals surface area contributed by atoms with Crippen molar-refractivity contribution in [2.45, 2.75) is 6.54 Å². The Morgan fingerprint density at radius 2 is 1.74 bits per heavy atom. The van der Waals surface area contributed by atoms with E-state index in [9.17, 15) is 14.4 Å². The number of benzene rings is 2. The third-order valence-electron chi connectivity index (χ3n) is 4.13. The first-order valence-electron chi connectivity index (χ1n) is 8.08. The molecule has 8 heteroatoms. The van der Waals surface area contributed by atoms with E-state index in [-0.39, 0.29) is 18.1 Å². The zero-order chi connectivity index (χ0) is 19.6. The van der Waals surface area contributed by atoms with Crippen LogP contribution in [0.15, 0.2) is 64.2 Å². The number of halogens is 1. The largest absolute Gasteiger partial charge is 0.383 e. The number of hydrogen-bond acceptors (Lipinski definition) is 4. The molecule has 0 fully saturated rings. The number of hydrogen-bond donors (Lipinski definition) is 2. The molecule has 0 bridgehead atoms. The van der Waals surface area contributed by atoms with Gasteiger partial charge in [0.2, 0.25) is 0 Å². The molecular weight excluding hydrogens is 368 g/mol. The Morgan fingerprint density at radius 1 is 1.11 bits per heavy atom. The maximum absolute atomic E-state index is 12.7. The van der Waals surface area contributed by atoms with E-state index in [0.29, 0.717) is 10.6 Å². The topological polar surface area (TPSA) is 101 Å². The zero-order valence-electron chi connectivity index (χ0n) is 14.5. The lowest BCUT2D eigenvalue weighted by Gasteiger charge is -2.20. The van der Waals surface area contributed by atoms with Gasteiger partial charge in [0.1, 0.15) is 5.82 Å². The van der Waals surface area contributed by atoms with Gasteiger partial charge in [-0.05, 0) is 29.8 Å². The maximum Gasteiger partial charge on any atom is 0.330 e. The van der Waals surface area contributed by atoms with Gasteiger partial charge in [0.25, 0.3) is 11.5 Å². The third kappa shape index (κ3) is 3.78. The third-order valence-corrected chi connectivity index (χ3v) is 4.38. The lowest BCUT2D eigenvalue weighted by atomic mass is 10.2. The molecule has 2 aromatic carbocycles. The summed E-state index contributed by atoms with van der Waals surface area (Å²) < 4.78 is 1.22. The first-order chi connectivity index (χ1) is 12.9. The van der Waals surface area contributed by atoms with Crippen LogP contribution in [0.3, 0.4) is 0 Å². The van der Waals surface area contributed by atoms with Gasteiger partial charge in [-0.25, -0.2) is 4.79 Å². The molecule has 27 heavy (non-hydrogen) atoms. The van der Waals surface area contributed by atoms with Crippen LogP contribution in [-0.2, 0) is 6.54 Å². The van der Waals surface area contributed by atoms with Crippen LogP contribution >= 0.6 is 11.6 Å². The van der Waals surface area contributed by atoms with E-state index in [1.165, 1.54) is 11.6 Å². The van der Waals surface area contributed by atoms with Crippen LogP contribution in [0.25, 0.3) is 0 Å². The van der Waals surface area contributed by atoms with Crippen molar-refractivity contribution in [3.63, 3.8) is 0 Å². The number of H-pyrrole nitrogens is 1. The molecule has 0 aliphatic heterocycles. The van der Waals surface area contributed by atoms with E-state index >= 15 is 0 Å². The molecule has 0 radical (unpaired) electrons. The fraction of sp³-hybridized carbons (Fsp3) is 0.105. The highest BCUT2D eigenvalue weighted by Crippen LogP contribution is 2.19. The number of carbonyl (C=O) groups excluding carboxylic acids is 1. The fourth-order valence-electron chi connectivity index (χ4n) is 2.71. The second-order valence-electron chi connectivity index (χ2n) is 5.94. The van der Waals surface area contributed by atoms with Crippen LogP contribution in [-0.4, -0.2) is 22.5 Å². The molecule has 0 spiro atoms. The molecule has 138 valence electrons. The van der Waals surface area contributed by atoms with Crippen molar-refractivity contribution in [3.05, 3.63) is 91.6 Å². The molecule has 1 amide bonds. The SMILES string of the molecule is CN(C(=O)c1ccc(Cl)cc1)c1c(N)n(Cc2ccccc2)c(=O)[nH]c1=O. The highest BCUT2D eigenvalue weighted by Gasteiger charge is 2.22. The van der Waals surface area contributed by atoms with Crippen LogP contribution in [0, 0.1) is 0 Å². The average molecular weight is 385 g/mol. The van der Waals surface area contributed by atoms with Gasteiger partial charge in [0, 0.05) is 17.6 Å². The van der Waals surface area contributed by atoms with Crippen molar-refractivity contribution in [1.82, 2.24) is 9.55 Å². The van der Waals surface area contributed by atoms with E-state index in [1.807, 2.05) is 30.3 Å². The lowest BCUT2D eigenvalue weighted by molar-refractivity contribution is 0.0992. The molecule has 1 aromatic heterocycles. The summed E-state index contributed by atoms with van der Waals surface area (Å²) in [5.41, 5.74) is 5.80. The molecular formula is C19H17ClN4O3.